The lowest BCUT2D eigenvalue weighted by Gasteiger charge is -2.10. The van der Waals surface area contributed by atoms with E-state index in [-0.39, 0.29) is 24.0 Å². The van der Waals surface area contributed by atoms with Crippen LogP contribution in [0, 0.1) is 13.8 Å². The van der Waals surface area contributed by atoms with Gasteiger partial charge >= 0.3 is 0 Å². The van der Waals surface area contributed by atoms with E-state index in [1.807, 2.05) is 13.1 Å². The van der Waals surface area contributed by atoms with E-state index in [0.29, 0.717) is 0 Å². The lowest BCUT2D eigenvalue weighted by molar-refractivity contribution is 0.773. The zero-order valence-electron chi connectivity index (χ0n) is 14.5. The normalized spacial score (nSPS) is 11.2. The molecule has 2 N–H and O–H groups in total. The number of hydrogen-bond acceptors (Lipinski definition) is 5. The van der Waals surface area contributed by atoms with Crippen molar-refractivity contribution in [1.29, 1.82) is 0 Å². The van der Waals surface area contributed by atoms with E-state index >= 15 is 0 Å². The van der Waals surface area contributed by atoms with Crippen LogP contribution in [0.1, 0.15) is 33.9 Å². The van der Waals surface area contributed by atoms with Gasteiger partial charge < -0.3 is 10.6 Å². The van der Waals surface area contributed by atoms with Crippen molar-refractivity contribution in [3.8, 4) is 0 Å². The molecule has 2 aromatic rings. The molecule has 0 aliphatic rings. The van der Waals surface area contributed by atoms with E-state index in [1.165, 1.54) is 14.9 Å². The molecule has 2 aromatic heterocycles. The van der Waals surface area contributed by atoms with Crippen molar-refractivity contribution in [3.05, 3.63) is 32.2 Å². The molecule has 0 aliphatic heterocycles. The molecule has 0 aromatic carbocycles. The van der Waals surface area contributed by atoms with Gasteiger partial charge in [0, 0.05) is 54.6 Å². The van der Waals surface area contributed by atoms with Gasteiger partial charge in [0.1, 0.15) is 0 Å². The van der Waals surface area contributed by atoms with E-state index in [1.54, 1.807) is 22.7 Å². The van der Waals surface area contributed by atoms with Crippen molar-refractivity contribution >= 4 is 52.6 Å². The number of nitrogens with one attached hydrogen (secondary N) is 2. The van der Waals surface area contributed by atoms with E-state index < -0.39 is 0 Å². The molecule has 0 atom stereocenters. The number of aromatic nitrogens is 2. The third-order valence-electron chi connectivity index (χ3n) is 3.13. The fraction of sp³-hybridized carbons (Fsp3) is 0.562. The summed E-state index contributed by atoms with van der Waals surface area (Å²) in [6.07, 6.45) is 4.88. The van der Waals surface area contributed by atoms with Crippen LogP contribution in [-0.4, -0.2) is 35.6 Å². The highest BCUT2D eigenvalue weighted by Gasteiger charge is 2.01. The minimum Gasteiger partial charge on any atom is -0.357 e. The summed E-state index contributed by atoms with van der Waals surface area (Å²) in [5, 5.41) is 11.1. The lowest BCUT2D eigenvalue weighted by Crippen LogP contribution is -2.38. The fourth-order valence-corrected chi connectivity index (χ4v) is 3.69. The molecule has 0 spiro atoms. The molecule has 0 aliphatic carbocycles. The quantitative estimate of drug-likeness (QED) is 0.263. The van der Waals surface area contributed by atoms with Gasteiger partial charge in [0.05, 0.1) is 10.0 Å². The highest BCUT2D eigenvalue weighted by atomic mass is 127. The molecule has 0 bridgehead atoms. The molecule has 0 fully saturated rings. The van der Waals surface area contributed by atoms with E-state index in [2.05, 4.69) is 44.8 Å². The second-order valence-electron chi connectivity index (χ2n) is 5.29. The number of nitrogens with zero attached hydrogens (tertiary/aromatic N) is 3. The summed E-state index contributed by atoms with van der Waals surface area (Å²) >= 11 is 3.49. The van der Waals surface area contributed by atoms with Crippen LogP contribution in [-0.2, 0) is 12.8 Å². The van der Waals surface area contributed by atoms with Gasteiger partial charge in [-0.05, 0) is 27.2 Å². The predicted octanol–water partition coefficient (Wildman–Crippen LogP) is 3.56. The summed E-state index contributed by atoms with van der Waals surface area (Å²) in [4.78, 5) is 14.8. The summed E-state index contributed by atoms with van der Waals surface area (Å²) in [6.45, 7) is 8.74. The molecule has 0 amide bonds. The maximum Gasteiger partial charge on any atom is 0.191 e. The van der Waals surface area contributed by atoms with Crippen LogP contribution in [0.5, 0.6) is 0 Å². The summed E-state index contributed by atoms with van der Waals surface area (Å²) in [5.41, 5.74) is 1.11. The van der Waals surface area contributed by atoms with Crippen molar-refractivity contribution in [2.75, 3.05) is 19.6 Å². The molecule has 134 valence electrons. The number of rotatable bonds is 8. The largest absolute Gasteiger partial charge is 0.357 e. The summed E-state index contributed by atoms with van der Waals surface area (Å²) in [7, 11) is 0. The minimum absolute atomic E-state index is 0. The van der Waals surface area contributed by atoms with Crippen LogP contribution in [0.15, 0.2) is 16.6 Å². The minimum atomic E-state index is 0. The molecular formula is C16H26IN5S2. The lowest BCUT2D eigenvalue weighted by atomic mass is 10.3. The number of hydrogen-bond donors (Lipinski definition) is 2. The molecule has 2 heterocycles. The average molecular weight is 479 g/mol. The maximum atomic E-state index is 4.63. The third-order valence-corrected chi connectivity index (χ3v) is 5.13. The first kappa shape index (κ1) is 21.3. The van der Waals surface area contributed by atoms with Crippen molar-refractivity contribution in [2.45, 2.75) is 40.0 Å². The van der Waals surface area contributed by atoms with Crippen molar-refractivity contribution in [1.82, 2.24) is 20.6 Å². The Hall–Kier alpha value is -0.740. The highest BCUT2D eigenvalue weighted by Crippen LogP contribution is 2.11. The van der Waals surface area contributed by atoms with Crippen LogP contribution in [0.2, 0.25) is 0 Å². The Balaban J connectivity index is 0.00000288. The molecule has 0 unspecified atom stereocenters. The number of aryl methyl sites for hydroxylation is 3. The van der Waals surface area contributed by atoms with Crippen LogP contribution in [0.3, 0.4) is 0 Å². The first-order chi connectivity index (χ1) is 11.2. The number of thiazole rings is 2. The van der Waals surface area contributed by atoms with Gasteiger partial charge in [-0.25, -0.2) is 9.97 Å². The topological polar surface area (TPSA) is 62.2 Å². The summed E-state index contributed by atoms with van der Waals surface area (Å²) in [6, 6.07) is 0. The van der Waals surface area contributed by atoms with E-state index in [0.717, 1.165) is 50.6 Å². The van der Waals surface area contributed by atoms with Gasteiger partial charge in [-0.2, -0.15) is 0 Å². The third kappa shape index (κ3) is 7.89. The molecular weight excluding hydrogens is 453 g/mol. The van der Waals surface area contributed by atoms with Gasteiger partial charge in [0.15, 0.2) is 5.96 Å². The standard InChI is InChI=1S/C16H25N5S2.HI/c1-4-17-16(19-9-7-14-20-10-13(3)23-14)18-8-5-6-15-21-12(2)11-22-15;/h10-11H,4-9H2,1-3H3,(H2,17,18,19);1H. The predicted molar refractivity (Wildman–Crippen MR) is 115 cm³/mol. The van der Waals surface area contributed by atoms with Crippen molar-refractivity contribution < 1.29 is 0 Å². The Kier molecular flexibility index (Phi) is 10.4. The van der Waals surface area contributed by atoms with Crippen LogP contribution < -0.4 is 10.6 Å². The monoisotopic (exact) mass is 479 g/mol. The number of aliphatic imine (C=N–C) groups is 1. The van der Waals surface area contributed by atoms with Crippen molar-refractivity contribution in [2.24, 2.45) is 4.99 Å². The molecule has 5 nitrogen and oxygen atoms in total. The van der Waals surface area contributed by atoms with Crippen LogP contribution >= 0.6 is 46.7 Å². The Morgan fingerprint density at radius 2 is 2.04 bits per heavy atom. The van der Waals surface area contributed by atoms with Gasteiger partial charge in [-0.3, -0.25) is 4.99 Å². The first-order valence-corrected chi connectivity index (χ1v) is 9.71. The Morgan fingerprint density at radius 3 is 2.67 bits per heavy atom. The van der Waals surface area contributed by atoms with Crippen LogP contribution in [0.25, 0.3) is 0 Å². The second-order valence-corrected chi connectivity index (χ2v) is 7.55. The number of guanidine groups is 1. The fourth-order valence-electron chi connectivity index (χ4n) is 2.09. The van der Waals surface area contributed by atoms with Gasteiger partial charge in [-0.1, -0.05) is 0 Å². The Morgan fingerprint density at radius 1 is 1.21 bits per heavy atom. The molecule has 0 saturated carbocycles. The maximum absolute atomic E-state index is 4.63. The average Bonchev–Trinajstić information content (AvgIpc) is 3.12. The Bertz CT molecular complexity index is 624. The molecule has 8 heteroatoms. The van der Waals surface area contributed by atoms with E-state index in [4.69, 9.17) is 0 Å². The first-order valence-electron chi connectivity index (χ1n) is 8.02. The zero-order chi connectivity index (χ0) is 16.5. The van der Waals surface area contributed by atoms with Gasteiger partial charge in [0.25, 0.3) is 0 Å². The SMILES string of the molecule is CCNC(=NCCCc1nc(C)cs1)NCCc1ncc(C)s1.I. The zero-order valence-corrected chi connectivity index (χ0v) is 18.4. The smallest absolute Gasteiger partial charge is 0.191 e. The summed E-state index contributed by atoms with van der Waals surface area (Å²) in [5.74, 6) is 0.885. The summed E-state index contributed by atoms with van der Waals surface area (Å²) < 4.78 is 0. The molecule has 0 radical (unpaired) electrons. The molecule has 24 heavy (non-hydrogen) atoms. The van der Waals surface area contributed by atoms with Crippen molar-refractivity contribution in [3.63, 3.8) is 0 Å². The molecule has 0 saturated heterocycles. The second kappa shape index (κ2) is 11.8. The highest BCUT2D eigenvalue weighted by molar-refractivity contribution is 14.0. The van der Waals surface area contributed by atoms with Crippen LogP contribution in [0.4, 0.5) is 0 Å². The number of halogens is 1. The molecule has 2 rings (SSSR count). The Labute approximate surface area is 169 Å². The van der Waals surface area contributed by atoms with Gasteiger partial charge in [-0.15, -0.1) is 46.7 Å². The van der Waals surface area contributed by atoms with Gasteiger partial charge in [0.2, 0.25) is 0 Å². The van der Waals surface area contributed by atoms with E-state index in [9.17, 15) is 0 Å².